The molecule has 3 aromatic heterocycles. The van der Waals surface area contributed by atoms with Crippen LogP contribution in [0, 0.1) is 25.7 Å². The van der Waals surface area contributed by atoms with Crippen LogP contribution in [0.2, 0.25) is 0 Å². The van der Waals surface area contributed by atoms with Crippen molar-refractivity contribution in [3.05, 3.63) is 39.4 Å². The number of fused-ring (bicyclic) bond motifs is 1. The lowest BCUT2D eigenvalue weighted by atomic mass is 10.1. The number of aliphatic hydroxyl groups is 1. The maximum Gasteiger partial charge on any atom is 0.223 e. The van der Waals surface area contributed by atoms with Gasteiger partial charge in [-0.25, -0.2) is 4.98 Å². The number of nitrogens with two attached hydrogens (primary N) is 1. The molecule has 3 heterocycles. The molecule has 0 saturated carbocycles. The van der Waals surface area contributed by atoms with Crippen molar-refractivity contribution in [2.75, 3.05) is 19.5 Å². The fourth-order valence-corrected chi connectivity index (χ4v) is 3.47. The van der Waals surface area contributed by atoms with Crippen LogP contribution >= 0.6 is 15.9 Å². The molecule has 0 spiro atoms. The van der Waals surface area contributed by atoms with Crippen LogP contribution in [-0.2, 0) is 6.54 Å². The van der Waals surface area contributed by atoms with E-state index >= 15 is 0 Å². The van der Waals surface area contributed by atoms with E-state index in [4.69, 9.17) is 15.6 Å². The first-order valence-corrected chi connectivity index (χ1v) is 8.66. The molecule has 8 heteroatoms. The molecule has 0 amide bonds. The number of aryl methyl sites for hydroxylation is 1. The van der Waals surface area contributed by atoms with Crippen molar-refractivity contribution in [2.45, 2.75) is 20.4 Å². The third-order valence-electron chi connectivity index (χ3n) is 4.06. The lowest BCUT2D eigenvalue weighted by molar-refractivity contribution is 0.350. The van der Waals surface area contributed by atoms with Crippen LogP contribution in [-0.4, -0.2) is 38.3 Å². The molecule has 0 unspecified atom stereocenters. The molecule has 26 heavy (non-hydrogen) atoms. The van der Waals surface area contributed by atoms with Crippen molar-refractivity contribution in [1.82, 2.24) is 19.5 Å². The SMILES string of the molecule is COc1c(C)cnc(Cn2cc(C#CCO)c3c(Br)nc(N)nc32)c1C. The third kappa shape index (κ3) is 3.23. The number of nitrogens with zero attached hydrogens (tertiary/aromatic N) is 4. The molecule has 0 radical (unpaired) electrons. The summed E-state index contributed by atoms with van der Waals surface area (Å²) in [7, 11) is 1.65. The number of hydrogen-bond donors (Lipinski definition) is 2. The van der Waals surface area contributed by atoms with Gasteiger partial charge < -0.3 is 20.1 Å². The lowest BCUT2D eigenvalue weighted by Crippen LogP contribution is -2.07. The molecule has 0 fully saturated rings. The molecule has 0 aliphatic rings. The predicted octanol–water partition coefficient (Wildman–Crippen LogP) is 2.19. The number of hydrogen-bond acceptors (Lipinski definition) is 6. The van der Waals surface area contributed by atoms with Gasteiger partial charge in [0, 0.05) is 23.5 Å². The Morgan fingerprint density at radius 1 is 1.35 bits per heavy atom. The van der Waals surface area contributed by atoms with E-state index in [1.165, 1.54) is 0 Å². The molecule has 3 N–H and O–H groups in total. The van der Waals surface area contributed by atoms with E-state index in [0.717, 1.165) is 28.0 Å². The highest BCUT2D eigenvalue weighted by molar-refractivity contribution is 9.10. The third-order valence-corrected chi connectivity index (χ3v) is 4.64. The van der Waals surface area contributed by atoms with E-state index in [1.807, 2.05) is 24.6 Å². The van der Waals surface area contributed by atoms with Gasteiger partial charge in [-0.3, -0.25) is 4.98 Å². The minimum absolute atomic E-state index is 0.163. The zero-order valence-corrected chi connectivity index (χ0v) is 16.3. The van der Waals surface area contributed by atoms with E-state index < -0.39 is 0 Å². The maximum atomic E-state index is 9.01. The van der Waals surface area contributed by atoms with Gasteiger partial charge in [0.15, 0.2) is 0 Å². The molecule has 0 saturated heterocycles. The molecule has 0 aromatic carbocycles. The molecule has 134 valence electrons. The Balaban J connectivity index is 2.17. The highest BCUT2D eigenvalue weighted by atomic mass is 79.9. The first-order valence-electron chi connectivity index (χ1n) is 7.86. The Hall–Kier alpha value is -2.63. The first-order chi connectivity index (χ1) is 12.5. The Bertz CT molecular complexity index is 1050. The van der Waals surface area contributed by atoms with Crippen LogP contribution in [0.4, 0.5) is 5.95 Å². The van der Waals surface area contributed by atoms with Gasteiger partial charge in [-0.1, -0.05) is 11.8 Å². The number of anilines is 1. The summed E-state index contributed by atoms with van der Waals surface area (Å²) in [6.07, 6.45) is 3.65. The summed E-state index contributed by atoms with van der Waals surface area (Å²) in [6, 6.07) is 0. The molecule has 0 bridgehead atoms. The standard InChI is InChI=1S/C18H18BrN5O2/c1-10-7-21-13(11(2)15(10)26-3)9-24-8-12(5-4-6-25)14-16(19)22-18(20)23-17(14)24/h7-8,25H,6,9H2,1-3H3,(H2,20,22,23). The van der Waals surface area contributed by atoms with E-state index in [9.17, 15) is 0 Å². The summed E-state index contributed by atoms with van der Waals surface area (Å²) >= 11 is 3.43. The van der Waals surface area contributed by atoms with Gasteiger partial charge in [0.25, 0.3) is 0 Å². The summed E-state index contributed by atoms with van der Waals surface area (Å²) in [5.41, 5.74) is 9.98. The summed E-state index contributed by atoms with van der Waals surface area (Å²) < 4.78 is 7.97. The summed E-state index contributed by atoms with van der Waals surface area (Å²) in [5, 5.41) is 9.75. The Labute approximate surface area is 159 Å². The molecule has 0 atom stereocenters. The van der Waals surface area contributed by atoms with E-state index in [-0.39, 0.29) is 12.6 Å². The molecular formula is C18H18BrN5O2. The van der Waals surface area contributed by atoms with Gasteiger partial charge in [-0.15, -0.1) is 0 Å². The van der Waals surface area contributed by atoms with Crippen LogP contribution in [0.15, 0.2) is 17.0 Å². The van der Waals surface area contributed by atoms with Gasteiger partial charge in [0.2, 0.25) is 5.95 Å². The molecule has 7 nitrogen and oxygen atoms in total. The zero-order chi connectivity index (χ0) is 18.8. The second kappa shape index (κ2) is 7.32. The van der Waals surface area contributed by atoms with Crippen LogP contribution in [0.25, 0.3) is 11.0 Å². The summed E-state index contributed by atoms with van der Waals surface area (Å²) in [6.45, 7) is 4.19. The average molecular weight is 416 g/mol. The van der Waals surface area contributed by atoms with Gasteiger partial charge >= 0.3 is 0 Å². The van der Waals surface area contributed by atoms with Gasteiger partial charge in [-0.05, 0) is 29.8 Å². The monoisotopic (exact) mass is 415 g/mol. The van der Waals surface area contributed by atoms with Crippen molar-refractivity contribution in [3.63, 3.8) is 0 Å². The van der Waals surface area contributed by atoms with Crippen molar-refractivity contribution in [1.29, 1.82) is 0 Å². The first kappa shape index (κ1) is 18.2. The normalized spacial score (nSPS) is 10.7. The highest BCUT2D eigenvalue weighted by Gasteiger charge is 2.17. The Kier molecular flexibility index (Phi) is 5.11. The Morgan fingerprint density at radius 2 is 2.12 bits per heavy atom. The molecule has 3 aromatic rings. The smallest absolute Gasteiger partial charge is 0.223 e. The Morgan fingerprint density at radius 3 is 2.81 bits per heavy atom. The fourth-order valence-electron chi connectivity index (χ4n) is 2.90. The number of pyridine rings is 1. The number of aromatic nitrogens is 4. The second-order valence-electron chi connectivity index (χ2n) is 5.75. The van der Waals surface area contributed by atoms with Gasteiger partial charge in [0.05, 0.1) is 30.3 Å². The van der Waals surface area contributed by atoms with E-state index in [0.29, 0.717) is 22.4 Å². The van der Waals surface area contributed by atoms with Gasteiger partial charge in [-0.2, -0.15) is 4.98 Å². The lowest BCUT2D eigenvalue weighted by Gasteiger charge is -2.13. The van der Waals surface area contributed by atoms with Crippen molar-refractivity contribution in [2.24, 2.45) is 0 Å². The topological polar surface area (TPSA) is 99.1 Å². The molecule has 0 aliphatic carbocycles. The molecular weight excluding hydrogens is 398 g/mol. The highest BCUT2D eigenvalue weighted by Crippen LogP contribution is 2.29. The summed E-state index contributed by atoms with van der Waals surface area (Å²) in [4.78, 5) is 13.1. The minimum Gasteiger partial charge on any atom is -0.496 e. The molecule has 0 aliphatic heterocycles. The fraction of sp³-hybridized carbons (Fsp3) is 0.278. The van der Waals surface area contributed by atoms with Crippen LogP contribution in [0.5, 0.6) is 5.75 Å². The number of methoxy groups -OCH3 is 1. The second-order valence-corrected chi connectivity index (χ2v) is 6.50. The number of halogens is 1. The van der Waals surface area contributed by atoms with Crippen molar-refractivity contribution < 1.29 is 9.84 Å². The zero-order valence-electron chi connectivity index (χ0n) is 14.7. The van der Waals surface area contributed by atoms with E-state index in [2.05, 4.69) is 42.7 Å². The predicted molar refractivity (Wildman–Crippen MR) is 103 cm³/mol. The number of aliphatic hydroxyl groups excluding tert-OH is 1. The number of ether oxygens (including phenoxy) is 1. The van der Waals surface area contributed by atoms with Crippen LogP contribution in [0.3, 0.4) is 0 Å². The molecule has 3 rings (SSSR count). The van der Waals surface area contributed by atoms with Crippen molar-refractivity contribution in [3.8, 4) is 17.6 Å². The van der Waals surface area contributed by atoms with E-state index in [1.54, 1.807) is 13.3 Å². The maximum absolute atomic E-state index is 9.01. The number of nitrogen functional groups attached to an aromatic ring is 1. The number of rotatable bonds is 3. The summed E-state index contributed by atoms with van der Waals surface area (Å²) in [5.74, 6) is 6.58. The average Bonchev–Trinajstić information content (AvgIpc) is 2.93. The van der Waals surface area contributed by atoms with Crippen LogP contribution in [0.1, 0.15) is 22.4 Å². The van der Waals surface area contributed by atoms with Gasteiger partial charge in [0.1, 0.15) is 22.6 Å². The quantitative estimate of drug-likeness (QED) is 0.502. The van der Waals surface area contributed by atoms with Crippen molar-refractivity contribution >= 4 is 32.9 Å². The largest absolute Gasteiger partial charge is 0.496 e. The van der Waals surface area contributed by atoms with Crippen LogP contribution < -0.4 is 10.5 Å². The minimum atomic E-state index is -0.226.